The first-order chi connectivity index (χ1) is 14.4. The molecule has 0 saturated heterocycles. The highest BCUT2D eigenvalue weighted by molar-refractivity contribution is 5.86. The minimum absolute atomic E-state index is 0.336. The second-order valence-corrected chi connectivity index (χ2v) is 7.72. The van der Waals surface area contributed by atoms with Gasteiger partial charge in [0.1, 0.15) is 0 Å². The Morgan fingerprint density at radius 2 is 1.73 bits per heavy atom. The zero-order valence-corrected chi connectivity index (χ0v) is 16.6. The average molecular weight is 409 g/mol. The van der Waals surface area contributed by atoms with Gasteiger partial charge in [-0.15, -0.1) is 0 Å². The summed E-state index contributed by atoms with van der Waals surface area (Å²) in [7, 11) is 0. The zero-order chi connectivity index (χ0) is 21.1. The van der Waals surface area contributed by atoms with E-state index < -0.39 is 11.7 Å². The molecule has 0 fully saturated rings. The van der Waals surface area contributed by atoms with Gasteiger partial charge in [0.05, 0.1) is 11.8 Å². The van der Waals surface area contributed by atoms with Crippen LogP contribution in [0.25, 0.3) is 21.9 Å². The van der Waals surface area contributed by atoms with Crippen LogP contribution in [-0.2, 0) is 19.1 Å². The Kier molecular flexibility index (Phi) is 5.57. The van der Waals surface area contributed by atoms with E-state index in [2.05, 4.69) is 35.2 Å². The van der Waals surface area contributed by atoms with Crippen LogP contribution < -0.4 is 0 Å². The maximum atomic E-state index is 12.7. The molecule has 0 amide bonds. The van der Waals surface area contributed by atoms with Crippen molar-refractivity contribution in [2.45, 2.75) is 32.5 Å². The van der Waals surface area contributed by atoms with Gasteiger partial charge in [-0.2, -0.15) is 18.3 Å². The van der Waals surface area contributed by atoms with Crippen LogP contribution in [0.5, 0.6) is 0 Å². The summed E-state index contributed by atoms with van der Waals surface area (Å²) < 4.78 is 40.0. The van der Waals surface area contributed by atoms with Crippen LogP contribution in [0.4, 0.5) is 13.2 Å². The summed E-state index contributed by atoms with van der Waals surface area (Å²) in [6.07, 6.45) is 4.88. The van der Waals surface area contributed by atoms with Gasteiger partial charge in [0, 0.05) is 36.1 Å². The molecular weight excluding hydrogens is 387 g/mol. The first-order valence-corrected chi connectivity index (χ1v) is 9.91. The number of aryl methyl sites for hydroxylation is 1. The number of benzene rings is 2. The molecule has 0 bridgehead atoms. The van der Waals surface area contributed by atoms with Crippen LogP contribution in [-0.4, -0.2) is 14.8 Å². The third-order valence-corrected chi connectivity index (χ3v) is 5.32. The summed E-state index contributed by atoms with van der Waals surface area (Å²) in [5, 5.41) is 6.71. The monoisotopic (exact) mass is 409 g/mol. The largest absolute Gasteiger partial charge is 0.416 e. The van der Waals surface area contributed by atoms with Crippen molar-refractivity contribution in [3.05, 3.63) is 84.4 Å². The first kappa shape index (κ1) is 20.1. The SMILES string of the molecule is C[C@H](CCn1cc(-c2ccc3cnccc3c2)cn1)Cc1ccc(C(F)(F)F)cc1. The number of rotatable bonds is 6. The van der Waals surface area contributed by atoms with E-state index in [-0.39, 0.29) is 0 Å². The highest BCUT2D eigenvalue weighted by Crippen LogP contribution is 2.29. The fraction of sp³-hybridized carbons (Fsp3) is 0.250. The number of fused-ring (bicyclic) bond motifs is 1. The third kappa shape index (κ3) is 4.70. The second kappa shape index (κ2) is 8.30. The fourth-order valence-electron chi connectivity index (χ4n) is 3.58. The summed E-state index contributed by atoms with van der Waals surface area (Å²) in [5.74, 6) is 0.336. The van der Waals surface area contributed by atoms with Crippen molar-refractivity contribution in [3.8, 4) is 11.1 Å². The Morgan fingerprint density at radius 1 is 0.933 bits per heavy atom. The Bertz CT molecular complexity index is 1130. The highest BCUT2D eigenvalue weighted by atomic mass is 19.4. The van der Waals surface area contributed by atoms with Gasteiger partial charge in [-0.05, 0) is 59.5 Å². The predicted molar refractivity (Wildman–Crippen MR) is 112 cm³/mol. The van der Waals surface area contributed by atoms with Gasteiger partial charge in [-0.3, -0.25) is 9.67 Å². The average Bonchev–Trinajstić information content (AvgIpc) is 3.21. The van der Waals surface area contributed by atoms with Gasteiger partial charge in [-0.25, -0.2) is 0 Å². The van der Waals surface area contributed by atoms with E-state index in [1.165, 1.54) is 0 Å². The maximum absolute atomic E-state index is 12.7. The molecule has 4 rings (SSSR count). The van der Waals surface area contributed by atoms with Gasteiger partial charge < -0.3 is 0 Å². The van der Waals surface area contributed by atoms with Gasteiger partial charge in [-0.1, -0.05) is 31.2 Å². The molecule has 0 aliphatic carbocycles. The smallest absolute Gasteiger partial charge is 0.272 e. The number of halogens is 3. The predicted octanol–water partition coefficient (Wildman–Crippen LogP) is 6.39. The fourth-order valence-corrected chi connectivity index (χ4v) is 3.58. The molecule has 30 heavy (non-hydrogen) atoms. The number of hydrogen-bond donors (Lipinski definition) is 0. The molecule has 0 radical (unpaired) electrons. The summed E-state index contributed by atoms with van der Waals surface area (Å²) >= 11 is 0. The Labute approximate surface area is 173 Å². The maximum Gasteiger partial charge on any atom is 0.416 e. The van der Waals surface area contributed by atoms with Crippen molar-refractivity contribution < 1.29 is 13.2 Å². The number of alkyl halides is 3. The van der Waals surface area contributed by atoms with E-state index >= 15 is 0 Å². The summed E-state index contributed by atoms with van der Waals surface area (Å²) in [5.41, 5.74) is 2.48. The molecular formula is C24H22F3N3. The molecule has 2 heterocycles. The molecule has 0 N–H and O–H groups in total. The van der Waals surface area contributed by atoms with Crippen LogP contribution >= 0.6 is 0 Å². The molecule has 0 aliphatic rings. The van der Waals surface area contributed by atoms with E-state index in [9.17, 15) is 13.2 Å². The van der Waals surface area contributed by atoms with Crippen molar-refractivity contribution in [3.63, 3.8) is 0 Å². The zero-order valence-electron chi connectivity index (χ0n) is 16.6. The summed E-state index contributed by atoms with van der Waals surface area (Å²) in [6.45, 7) is 2.87. The van der Waals surface area contributed by atoms with Crippen molar-refractivity contribution in [1.82, 2.24) is 14.8 Å². The molecule has 0 spiro atoms. The van der Waals surface area contributed by atoms with Gasteiger partial charge in [0.2, 0.25) is 0 Å². The first-order valence-electron chi connectivity index (χ1n) is 9.91. The number of pyridine rings is 1. The standard InChI is InChI=1S/C24H22F3N3/c1-17(12-18-2-6-23(7-3-18)24(25,26)27)9-11-30-16-22(15-29-30)19-4-5-21-14-28-10-8-20(21)13-19/h2-8,10,13-17H,9,11-12H2,1H3/t17-/m1/s1. The summed E-state index contributed by atoms with van der Waals surface area (Å²) in [4.78, 5) is 4.14. The molecule has 2 aromatic heterocycles. The van der Waals surface area contributed by atoms with Gasteiger partial charge >= 0.3 is 6.18 Å². The summed E-state index contributed by atoms with van der Waals surface area (Å²) in [6, 6.07) is 13.7. The van der Waals surface area contributed by atoms with Crippen LogP contribution in [0, 0.1) is 5.92 Å². The molecule has 3 nitrogen and oxygen atoms in total. The Balaban J connectivity index is 1.35. The van der Waals surface area contributed by atoms with Crippen LogP contribution in [0.1, 0.15) is 24.5 Å². The Morgan fingerprint density at radius 3 is 2.50 bits per heavy atom. The third-order valence-electron chi connectivity index (χ3n) is 5.32. The lowest BCUT2D eigenvalue weighted by molar-refractivity contribution is -0.137. The van der Waals surface area contributed by atoms with Gasteiger partial charge in [0.15, 0.2) is 0 Å². The molecule has 6 heteroatoms. The van der Waals surface area contributed by atoms with Crippen molar-refractivity contribution in [2.75, 3.05) is 0 Å². The second-order valence-electron chi connectivity index (χ2n) is 7.72. The topological polar surface area (TPSA) is 30.7 Å². The molecule has 1 atom stereocenters. The van der Waals surface area contributed by atoms with E-state index in [4.69, 9.17) is 0 Å². The van der Waals surface area contributed by atoms with E-state index in [0.29, 0.717) is 5.92 Å². The molecule has 0 unspecified atom stereocenters. The minimum Gasteiger partial charge on any atom is -0.272 e. The van der Waals surface area contributed by atoms with E-state index in [1.54, 1.807) is 18.3 Å². The lowest BCUT2D eigenvalue weighted by Crippen LogP contribution is -2.08. The molecule has 154 valence electrons. The molecule has 4 aromatic rings. The molecule has 0 saturated carbocycles. The highest BCUT2D eigenvalue weighted by Gasteiger charge is 2.29. The quantitative estimate of drug-likeness (QED) is 0.370. The van der Waals surface area contributed by atoms with Crippen molar-refractivity contribution >= 4 is 10.8 Å². The van der Waals surface area contributed by atoms with Crippen molar-refractivity contribution in [1.29, 1.82) is 0 Å². The van der Waals surface area contributed by atoms with E-state index in [1.807, 2.05) is 29.3 Å². The number of aromatic nitrogens is 3. The van der Waals surface area contributed by atoms with E-state index in [0.717, 1.165) is 59.0 Å². The Hall–Kier alpha value is -3.15. The van der Waals surface area contributed by atoms with Crippen molar-refractivity contribution in [2.24, 2.45) is 5.92 Å². The van der Waals surface area contributed by atoms with Crippen LogP contribution in [0.15, 0.2) is 73.3 Å². The number of hydrogen-bond acceptors (Lipinski definition) is 2. The lowest BCUT2D eigenvalue weighted by atomic mass is 9.97. The minimum atomic E-state index is -4.29. The molecule has 2 aromatic carbocycles. The van der Waals surface area contributed by atoms with Crippen LogP contribution in [0.2, 0.25) is 0 Å². The lowest BCUT2D eigenvalue weighted by Gasteiger charge is -2.12. The molecule has 0 aliphatic heterocycles. The number of nitrogens with zero attached hydrogens (tertiary/aromatic N) is 3. The van der Waals surface area contributed by atoms with Gasteiger partial charge in [0.25, 0.3) is 0 Å². The normalized spacial score (nSPS) is 12.9. The van der Waals surface area contributed by atoms with Crippen LogP contribution in [0.3, 0.4) is 0 Å².